The summed E-state index contributed by atoms with van der Waals surface area (Å²) in [5.74, 6) is 3.88. The van der Waals surface area contributed by atoms with Crippen LogP contribution in [0.4, 0.5) is 0 Å². The van der Waals surface area contributed by atoms with Gasteiger partial charge in [0.15, 0.2) is 0 Å². The molecule has 0 aliphatic heterocycles. The number of hydrogen-bond donors (Lipinski definition) is 0. The van der Waals surface area contributed by atoms with Gasteiger partial charge >= 0.3 is 0 Å². The lowest BCUT2D eigenvalue weighted by molar-refractivity contribution is 0.381. The lowest BCUT2D eigenvalue weighted by Gasteiger charge is -2.35. The minimum Gasteiger partial charge on any atom is -0.496 e. The molecule has 86 heavy (non-hydrogen) atoms. The Morgan fingerprint density at radius 1 is 0.244 bits per heavy atom. The summed E-state index contributed by atoms with van der Waals surface area (Å²) in [5, 5.41) is 12.6. The van der Waals surface area contributed by atoms with Crippen molar-refractivity contribution in [2.75, 3.05) is 28.4 Å². The fourth-order valence-corrected chi connectivity index (χ4v) is 17.7. The van der Waals surface area contributed by atoms with E-state index < -0.39 is 15.8 Å². The highest BCUT2D eigenvalue weighted by Crippen LogP contribution is 2.53. The molecule has 458 valence electrons. The van der Waals surface area contributed by atoms with Crippen LogP contribution in [-0.4, -0.2) is 28.4 Å². The molecule has 8 aromatic rings. The van der Waals surface area contributed by atoms with E-state index in [9.17, 15) is 0 Å². The van der Waals surface area contributed by atoms with Crippen LogP contribution < -0.4 is 50.8 Å². The molecule has 0 unspecified atom stereocenters. The maximum Gasteiger partial charge on any atom is 0.126 e. The van der Waals surface area contributed by atoms with Crippen LogP contribution >= 0.6 is 15.8 Å². The third kappa shape index (κ3) is 12.9. The highest BCUT2D eigenvalue weighted by atomic mass is 31.1. The fraction of sp³-hybridized carbons (Fsp3) is 0.450. The molecule has 0 spiro atoms. The predicted molar refractivity (Wildman–Crippen MR) is 380 cm³/mol. The number of methoxy groups -OCH3 is 4. The Hall–Kier alpha value is -5.66. The molecule has 0 heterocycles. The summed E-state index contributed by atoms with van der Waals surface area (Å²) in [4.78, 5) is 0. The van der Waals surface area contributed by atoms with Gasteiger partial charge in [0.05, 0.1) is 28.4 Å². The first kappa shape index (κ1) is 66.3. The van der Waals surface area contributed by atoms with Gasteiger partial charge in [-0.1, -0.05) is 239 Å². The summed E-state index contributed by atoms with van der Waals surface area (Å²) in [6, 6.07) is 48.3. The fourth-order valence-electron chi connectivity index (χ4n) is 12.6. The van der Waals surface area contributed by atoms with Gasteiger partial charge in [0.25, 0.3) is 0 Å². The number of ether oxygens (including phenoxy) is 4. The Bertz CT molecular complexity index is 3280. The Morgan fingerprint density at radius 2 is 0.430 bits per heavy atom. The molecule has 0 bridgehead atoms. The van der Waals surface area contributed by atoms with E-state index in [1.807, 2.05) is 28.4 Å². The molecule has 0 fully saturated rings. The Morgan fingerprint density at radius 3 is 0.605 bits per heavy atom. The quantitative estimate of drug-likeness (QED) is 0.121. The highest BCUT2D eigenvalue weighted by molar-refractivity contribution is 7.81. The largest absolute Gasteiger partial charge is 0.496 e. The van der Waals surface area contributed by atoms with Crippen molar-refractivity contribution >= 4 is 69.2 Å². The van der Waals surface area contributed by atoms with Crippen LogP contribution in [0.5, 0.6) is 23.0 Å². The maximum atomic E-state index is 6.58. The molecule has 8 aromatic carbocycles. The van der Waals surface area contributed by atoms with Crippen LogP contribution in [0.3, 0.4) is 0 Å². The van der Waals surface area contributed by atoms with Gasteiger partial charge in [0, 0.05) is 44.5 Å². The Kier molecular flexibility index (Phi) is 18.0. The van der Waals surface area contributed by atoms with Gasteiger partial charge in [0.1, 0.15) is 23.0 Å². The number of hydrogen-bond acceptors (Lipinski definition) is 4. The van der Waals surface area contributed by atoms with Gasteiger partial charge < -0.3 is 18.9 Å². The molecule has 0 aliphatic rings. The predicted octanol–water partition coefficient (Wildman–Crippen LogP) is 19.6. The Balaban J connectivity index is 1.72. The summed E-state index contributed by atoms with van der Waals surface area (Å²) < 4.78 is 26.3. The standard InChI is InChI=1S/C80H104O4P2/c1-73(2,3)57-41-51(42-58(69(57)81-25)74(4,5)6)85(52-43-59(75(7,8)9)70(82-26)60(44-52)76(10,11)12)65-39-37-49-33-29-31-35-55(49)67(65)68-56-36-32-30-34-50(56)38-40-66(68)86(53-45-61(77(13,14)15)71(83-27)62(46-53)78(16,17)18)54-47-63(79(19,20)21)72(84-28)64(48-54)80(22,23)24/h29-48H,1-28H3. The molecule has 8 rings (SSSR count). The van der Waals surface area contributed by atoms with Crippen molar-refractivity contribution < 1.29 is 18.9 Å². The zero-order chi connectivity index (χ0) is 64.0. The lowest BCUT2D eigenvalue weighted by atomic mass is 9.79. The van der Waals surface area contributed by atoms with E-state index in [4.69, 9.17) is 18.9 Å². The second-order valence-corrected chi connectivity index (χ2v) is 36.7. The van der Waals surface area contributed by atoms with E-state index in [0.717, 1.165) is 23.0 Å². The SMILES string of the molecule is COc1c(C(C)(C)C)cc(P(c2cc(C(C)(C)C)c(OC)c(C(C)(C)C)c2)c2ccc3ccccc3c2-c2c(P(c3cc(C(C)(C)C)c(OC)c(C(C)(C)C)c3)c3cc(C(C)(C)C)c(OC)c(C(C)(C)C)c3)ccc3ccccc23)cc1C(C)(C)C. The maximum absolute atomic E-state index is 6.58. The van der Waals surface area contributed by atoms with Gasteiger partial charge in [-0.25, -0.2) is 0 Å². The van der Waals surface area contributed by atoms with Crippen LogP contribution in [0.2, 0.25) is 0 Å². The average Bonchev–Trinajstić information content (AvgIpc) is 0.739. The first-order chi connectivity index (χ1) is 39.6. The molecule has 0 saturated carbocycles. The highest BCUT2D eigenvalue weighted by Gasteiger charge is 2.38. The second-order valence-electron chi connectivity index (χ2n) is 32.3. The van der Waals surface area contributed by atoms with E-state index >= 15 is 0 Å². The van der Waals surface area contributed by atoms with Crippen molar-refractivity contribution in [1.82, 2.24) is 0 Å². The number of fused-ring (bicyclic) bond motifs is 2. The molecular weight excluding hydrogens is 1090 g/mol. The molecule has 0 aliphatic carbocycles. The van der Waals surface area contributed by atoms with Gasteiger partial charge in [-0.05, 0) is 172 Å². The molecule has 0 N–H and O–H groups in total. The third-order valence-electron chi connectivity index (χ3n) is 17.2. The average molecular weight is 1190 g/mol. The van der Waals surface area contributed by atoms with E-state index in [1.54, 1.807) is 0 Å². The first-order valence-corrected chi connectivity index (χ1v) is 33.8. The van der Waals surface area contributed by atoms with Crippen LogP contribution in [0.1, 0.15) is 211 Å². The van der Waals surface area contributed by atoms with E-state index in [2.05, 4.69) is 287 Å². The van der Waals surface area contributed by atoms with E-state index in [-0.39, 0.29) is 43.3 Å². The van der Waals surface area contributed by atoms with Gasteiger partial charge in [0.2, 0.25) is 0 Å². The summed E-state index contributed by atoms with van der Waals surface area (Å²) >= 11 is 0. The van der Waals surface area contributed by atoms with Crippen LogP contribution in [0.15, 0.2) is 121 Å². The minimum atomic E-state index is -1.38. The van der Waals surface area contributed by atoms with E-state index in [1.165, 1.54) is 109 Å². The summed E-state index contributed by atoms with van der Waals surface area (Å²) in [7, 11) is 4.66. The van der Waals surface area contributed by atoms with Crippen molar-refractivity contribution in [1.29, 1.82) is 0 Å². The number of rotatable bonds is 11. The molecule has 0 atom stereocenters. The lowest BCUT2D eigenvalue weighted by Crippen LogP contribution is -2.31. The third-order valence-corrected chi connectivity index (χ3v) is 22.0. The normalized spacial score (nSPS) is 13.3. The van der Waals surface area contributed by atoms with Crippen molar-refractivity contribution in [2.45, 2.75) is 209 Å². The van der Waals surface area contributed by atoms with Crippen LogP contribution in [0.25, 0.3) is 32.7 Å². The monoisotopic (exact) mass is 1190 g/mol. The first-order valence-electron chi connectivity index (χ1n) is 31.1. The molecule has 0 radical (unpaired) electrons. The second kappa shape index (κ2) is 23.4. The smallest absolute Gasteiger partial charge is 0.126 e. The van der Waals surface area contributed by atoms with Crippen molar-refractivity contribution in [3.63, 3.8) is 0 Å². The topological polar surface area (TPSA) is 36.9 Å². The summed E-state index contributed by atoms with van der Waals surface area (Å²) in [6.45, 7) is 56.1. The summed E-state index contributed by atoms with van der Waals surface area (Å²) in [6.07, 6.45) is 0. The van der Waals surface area contributed by atoms with Gasteiger partial charge in [-0.2, -0.15) is 0 Å². The zero-order valence-corrected chi connectivity index (χ0v) is 59.9. The zero-order valence-electron chi connectivity index (χ0n) is 58.1. The van der Waals surface area contributed by atoms with Crippen LogP contribution in [-0.2, 0) is 43.3 Å². The Labute approximate surface area is 523 Å². The van der Waals surface area contributed by atoms with Crippen molar-refractivity contribution in [2.24, 2.45) is 0 Å². The molecule has 6 heteroatoms. The van der Waals surface area contributed by atoms with Gasteiger partial charge in [-0.15, -0.1) is 0 Å². The molecule has 0 amide bonds. The molecule has 0 aromatic heterocycles. The van der Waals surface area contributed by atoms with Crippen LogP contribution in [0, 0.1) is 0 Å². The summed E-state index contributed by atoms with van der Waals surface area (Å²) in [5.41, 5.74) is 10.3. The van der Waals surface area contributed by atoms with Gasteiger partial charge in [-0.3, -0.25) is 0 Å². The van der Waals surface area contributed by atoms with Crippen molar-refractivity contribution in [3.8, 4) is 34.1 Å². The molecular formula is C80H104O4P2. The number of benzene rings is 8. The van der Waals surface area contributed by atoms with Crippen molar-refractivity contribution in [3.05, 3.63) is 166 Å². The van der Waals surface area contributed by atoms with E-state index in [0.29, 0.717) is 0 Å². The molecule has 0 saturated heterocycles. The minimum absolute atomic E-state index is 0.243. The molecule has 4 nitrogen and oxygen atoms in total.